The number of pyridine rings is 1. The molecule has 1 aromatic heterocycles. The van der Waals surface area contributed by atoms with Crippen molar-refractivity contribution in [3.05, 3.63) is 29.6 Å². The van der Waals surface area contributed by atoms with Crippen LogP contribution in [0.5, 0.6) is 0 Å². The van der Waals surface area contributed by atoms with Crippen molar-refractivity contribution in [2.75, 3.05) is 19.8 Å². The monoisotopic (exact) mass is 224 g/mol. The Hall–Kier alpha value is -1.46. The average Bonchev–Trinajstić information content (AvgIpc) is 2.34. The van der Waals surface area contributed by atoms with Crippen LogP contribution in [-0.2, 0) is 16.0 Å². The number of aromatic nitrogens is 1. The minimum atomic E-state index is -0.378. The molecule has 88 valence electrons. The van der Waals surface area contributed by atoms with E-state index in [0.29, 0.717) is 31.0 Å². The molecule has 5 heteroatoms. The quantitative estimate of drug-likeness (QED) is 0.569. The minimum Gasteiger partial charge on any atom is -0.460 e. The van der Waals surface area contributed by atoms with Crippen LogP contribution < -0.4 is 5.73 Å². The topological polar surface area (TPSA) is 74.4 Å². The van der Waals surface area contributed by atoms with Gasteiger partial charge in [0.1, 0.15) is 6.61 Å². The number of nitrogens with two attached hydrogens (primary N) is 1. The van der Waals surface area contributed by atoms with E-state index in [2.05, 4.69) is 4.98 Å². The zero-order valence-corrected chi connectivity index (χ0v) is 9.31. The molecule has 0 fully saturated rings. The second-order valence-electron chi connectivity index (χ2n) is 3.07. The maximum Gasteiger partial charge on any atom is 0.338 e. The van der Waals surface area contributed by atoms with Crippen molar-refractivity contribution in [1.82, 2.24) is 4.98 Å². The summed E-state index contributed by atoms with van der Waals surface area (Å²) in [6.07, 6.45) is 1.54. The van der Waals surface area contributed by atoms with Crippen LogP contribution in [0.25, 0.3) is 0 Å². The summed E-state index contributed by atoms with van der Waals surface area (Å²) in [5, 5.41) is 0. The SMILES string of the molecule is CCOCCOC(=O)c1ccnc(CN)c1. The van der Waals surface area contributed by atoms with Gasteiger partial charge in [-0.05, 0) is 19.1 Å². The van der Waals surface area contributed by atoms with Crippen LogP contribution in [0.4, 0.5) is 0 Å². The van der Waals surface area contributed by atoms with Crippen LogP contribution in [0.1, 0.15) is 23.0 Å². The molecule has 16 heavy (non-hydrogen) atoms. The summed E-state index contributed by atoms with van der Waals surface area (Å²) in [5.74, 6) is -0.378. The van der Waals surface area contributed by atoms with E-state index in [0.717, 1.165) is 0 Å². The Balaban J connectivity index is 2.46. The zero-order valence-electron chi connectivity index (χ0n) is 9.31. The van der Waals surface area contributed by atoms with Gasteiger partial charge in [-0.15, -0.1) is 0 Å². The smallest absolute Gasteiger partial charge is 0.338 e. The number of esters is 1. The Morgan fingerprint density at radius 2 is 2.31 bits per heavy atom. The number of hydrogen-bond donors (Lipinski definition) is 1. The predicted molar refractivity (Wildman–Crippen MR) is 58.9 cm³/mol. The van der Waals surface area contributed by atoms with Crippen molar-refractivity contribution >= 4 is 5.97 Å². The number of nitrogens with zero attached hydrogens (tertiary/aromatic N) is 1. The van der Waals surface area contributed by atoms with Gasteiger partial charge in [0.2, 0.25) is 0 Å². The molecule has 0 radical (unpaired) electrons. The summed E-state index contributed by atoms with van der Waals surface area (Å²) >= 11 is 0. The number of hydrogen-bond acceptors (Lipinski definition) is 5. The summed E-state index contributed by atoms with van der Waals surface area (Å²) in [5.41, 5.74) is 6.55. The van der Waals surface area contributed by atoms with Gasteiger partial charge < -0.3 is 15.2 Å². The van der Waals surface area contributed by atoms with Crippen molar-refractivity contribution in [2.45, 2.75) is 13.5 Å². The van der Waals surface area contributed by atoms with Gasteiger partial charge in [0.05, 0.1) is 17.9 Å². The van der Waals surface area contributed by atoms with Crippen LogP contribution in [0.15, 0.2) is 18.3 Å². The normalized spacial score (nSPS) is 10.1. The molecule has 0 saturated carbocycles. The largest absolute Gasteiger partial charge is 0.460 e. The van der Waals surface area contributed by atoms with Gasteiger partial charge in [0.15, 0.2) is 0 Å². The number of ether oxygens (including phenoxy) is 2. The first-order valence-electron chi connectivity index (χ1n) is 5.17. The Labute approximate surface area is 94.6 Å². The zero-order chi connectivity index (χ0) is 11.8. The molecule has 2 N–H and O–H groups in total. The third kappa shape index (κ3) is 3.96. The van der Waals surface area contributed by atoms with Crippen molar-refractivity contribution in [2.24, 2.45) is 5.73 Å². The summed E-state index contributed by atoms with van der Waals surface area (Å²) in [6, 6.07) is 3.23. The van der Waals surface area contributed by atoms with Gasteiger partial charge in [0.25, 0.3) is 0 Å². The molecular formula is C11H16N2O3. The molecule has 0 amide bonds. The highest BCUT2D eigenvalue weighted by Crippen LogP contribution is 2.03. The number of rotatable bonds is 6. The van der Waals surface area contributed by atoms with Crippen LogP contribution in [0.2, 0.25) is 0 Å². The third-order valence-corrected chi connectivity index (χ3v) is 1.93. The molecule has 1 rings (SSSR count). The van der Waals surface area contributed by atoms with E-state index in [1.807, 2.05) is 6.92 Å². The fraction of sp³-hybridized carbons (Fsp3) is 0.455. The van der Waals surface area contributed by atoms with Gasteiger partial charge >= 0.3 is 5.97 Å². The van der Waals surface area contributed by atoms with Gasteiger partial charge in [0, 0.05) is 19.3 Å². The van der Waals surface area contributed by atoms with Crippen molar-refractivity contribution < 1.29 is 14.3 Å². The highest BCUT2D eigenvalue weighted by Gasteiger charge is 2.07. The molecule has 0 aliphatic heterocycles. The molecule has 0 aromatic carbocycles. The van der Waals surface area contributed by atoms with Gasteiger partial charge in [-0.1, -0.05) is 0 Å². The summed E-state index contributed by atoms with van der Waals surface area (Å²) in [6.45, 7) is 3.48. The first kappa shape index (κ1) is 12.6. The first-order chi connectivity index (χ1) is 7.77. The lowest BCUT2D eigenvalue weighted by Gasteiger charge is -2.05. The molecule has 0 unspecified atom stereocenters. The van der Waals surface area contributed by atoms with E-state index < -0.39 is 0 Å². The van der Waals surface area contributed by atoms with Crippen LogP contribution in [0.3, 0.4) is 0 Å². The maximum atomic E-state index is 11.5. The molecule has 0 atom stereocenters. The van der Waals surface area contributed by atoms with Gasteiger partial charge in [-0.2, -0.15) is 0 Å². The Morgan fingerprint density at radius 1 is 1.50 bits per heavy atom. The van der Waals surface area contributed by atoms with Gasteiger partial charge in [-0.3, -0.25) is 4.98 Å². The minimum absolute atomic E-state index is 0.257. The van der Waals surface area contributed by atoms with Gasteiger partial charge in [-0.25, -0.2) is 4.79 Å². The summed E-state index contributed by atoms with van der Waals surface area (Å²) in [7, 11) is 0. The van der Waals surface area contributed by atoms with E-state index in [1.54, 1.807) is 18.3 Å². The molecular weight excluding hydrogens is 208 g/mol. The highest BCUT2D eigenvalue weighted by molar-refractivity contribution is 5.89. The molecule has 5 nitrogen and oxygen atoms in total. The van der Waals surface area contributed by atoms with E-state index >= 15 is 0 Å². The fourth-order valence-corrected chi connectivity index (χ4v) is 1.14. The molecule has 0 saturated heterocycles. The summed E-state index contributed by atoms with van der Waals surface area (Å²) in [4.78, 5) is 15.5. The first-order valence-corrected chi connectivity index (χ1v) is 5.17. The van der Waals surface area contributed by atoms with E-state index in [9.17, 15) is 4.79 Å². The van der Waals surface area contributed by atoms with Crippen molar-refractivity contribution in [3.63, 3.8) is 0 Å². The molecule has 0 aliphatic carbocycles. The number of carbonyl (C=O) groups is 1. The highest BCUT2D eigenvalue weighted by atomic mass is 16.6. The second-order valence-corrected chi connectivity index (χ2v) is 3.07. The molecule has 0 aliphatic rings. The van der Waals surface area contributed by atoms with E-state index in [1.165, 1.54) is 0 Å². The Morgan fingerprint density at radius 3 is 3.00 bits per heavy atom. The molecule has 0 bridgehead atoms. The third-order valence-electron chi connectivity index (χ3n) is 1.93. The Kier molecular flexibility index (Phi) is 5.45. The van der Waals surface area contributed by atoms with E-state index in [-0.39, 0.29) is 12.6 Å². The molecule has 1 aromatic rings. The van der Waals surface area contributed by atoms with Crippen LogP contribution >= 0.6 is 0 Å². The average molecular weight is 224 g/mol. The standard InChI is InChI=1S/C11H16N2O3/c1-2-15-5-6-16-11(14)9-3-4-13-10(7-9)8-12/h3-4,7H,2,5-6,8,12H2,1H3. The maximum absolute atomic E-state index is 11.5. The lowest BCUT2D eigenvalue weighted by molar-refractivity contribution is 0.0335. The molecule has 0 spiro atoms. The predicted octanol–water partition coefficient (Wildman–Crippen LogP) is 0.734. The lowest BCUT2D eigenvalue weighted by atomic mass is 10.2. The van der Waals surface area contributed by atoms with Crippen molar-refractivity contribution in [3.8, 4) is 0 Å². The van der Waals surface area contributed by atoms with Crippen LogP contribution in [-0.4, -0.2) is 30.8 Å². The number of carbonyl (C=O) groups excluding carboxylic acids is 1. The molecule has 1 heterocycles. The van der Waals surface area contributed by atoms with Crippen molar-refractivity contribution in [1.29, 1.82) is 0 Å². The van der Waals surface area contributed by atoms with Crippen LogP contribution in [0, 0.1) is 0 Å². The summed E-state index contributed by atoms with van der Waals surface area (Å²) < 4.78 is 10.1. The fourth-order valence-electron chi connectivity index (χ4n) is 1.14. The second kappa shape index (κ2) is 6.92. The van der Waals surface area contributed by atoms with E-state index in [4.69, 9.17) is 15.2 Å². The lowest BCUT2D eigenvalue weighted by Crippen LogP contribution is -2.11. The Bertz CT molecular complexity index is 342.